The molecular formula is C14H18N2O5. The summed E-state index contributed by atoms with van der Waals surface area (Å²) in [5.41, 5.74) is -0.408. The van der Waals surface area contributed by atoms with Crippen molar-refractivity contribution in [3.05, 3.63) is 28.2 Å². The second-order valence-electron chi connectivity index (χ2n) is 4.91. The zero-order chi connectivity index (χ0) is 15.4. The quantitative estimate of drug-likeness (QED) is 0.791. The van der Waals surface area contributed by atoms with Crippen LogP contribution in [0.3, 0.4) is 0 Å². The van der Waals surface area contributed by atoms with Crippen molar-refractivity contribution in [1.29, 1.82) is 0 Å². The molecule has 2 N–H and O–H groups in total. The lowest BCUT2D eigenvalue weighted by Crippen LogP contribution is -2.40. The van der Waals surface area contributed by atoms with Crippen molar-refractivity contribution < 1.29 is 19.4 Å². The molecule has 7 heteroatoms. The Balaban J connectivity index is 2.00. The number of amides is 1. The summed E-state index contributed by atoms with van der Waals surface area (Å²) >= 11 is 0. The zero-order valence-corrected chi connectivity index (χ0v) is 11.8. The molecule has 1 saturated heterocycles. The number of esters is 1. The van der Waals surface area contributed by atoms with E-state index in [1.165, 1.54) is 6.20 Å². The molecule has 0 unspecified atom stereocenters. The summed E-state index contributed by atoms with van der Waals surface area (Å²) in [6.07, 6.45) is 2.28. The fraction of sp³-hybridized carbons (Fsp3) is 0.500. The van der Waals surface area contributed by atoms with E-state index < -0.39 is 5.56 Å². The van der Waals surface area contributed by atoms with E-state index in [4.69, 9.17) is 4.74 Å². The van der Waals surface area contributed by atoms with E-state index in [1.54, 1.807) is 11.8 Å². The summed E-state index contributed by atoms with van der Waals surface area (Å²) in [6, 6.07) is 0.971. The van der Waals surface area contributed by atoms with Crippen LogP contribution in [-0.2, 0) is 9.53 Å². The number of nitrogens with zero attached hydrogens (tertiary/aromatic N) is 1. The number of carbonyl (C=O) groups excluding carboxylic acids is 2. The first kappa shape index (κ1) is 15.1. The van der Waals surface area contributed by atoms with Crippen molar-refractivity contribution in [2.75, 3.05) is 19.7 Å². The minimum Gasteiger partial charge on any atom is -0.507 e. The van der Waals surface area contributed by atoms with Crippen LogP contribution in [0.2, 0.25) is 0 Å². The van der Waals surface area contributed by atoms with Gasteiger partial charge in [0.1, 0.15) is 5.75 Å². The van der Waals surface area contributed by atoms with Crippen molar-refractivity contribution in [1.82, 2.24) is 9.88 Å². The molecule has 0 atom stereocenters. The standard InChI is InChI=1S/C14H18N2O5/c1-2-21-14(20)9-3-5-16(6-4-9)13(19)10-8-15-12(18)7-11(10)17/h7-9H,2-6H2,1H3,(H2,15,17,18). The van der Waals surface area contributed by atoms with E-state index in [-0.39, 0.29) is 29.1 Å². The molecule has 2 heterocycles. The van der Waals surface area contributed by atoms with Gasteiger partial charge in [-0.3, -0.25) is 14.4 Å². The average Bonchev–Trinajstić information content (AvgIpc) is 2.47. The molecule has 1 aliphatic rings. The Bertz CT molecular complexity index is 587. The van der Waals surface area contributed by atoms with Gasteiger partial charge >= 0.3 is 5.97 Å². The molecule has 0 saturated carbocycles. The van der Waals surface area contributed by atoms with Gasteiger partial charge < -0.3 is 19.7 Å². The molecule has 0 bridgehead atoms. The number of hydrogen-bond acceptors (Lipinski definition) is 5. The maximum Gasteiger partial charge on any atom is 0.309 e. The second-order valence-corrected chi connectivity index (χ2v) is 4.91. The SMILES string of the molecule is CCOC(=O)C1CCN(C(=O)c2c[nH]c(=O)cc2O)CC1. The van der Waals surface area contributed by atoms with Gasteiger partial charge in [0.05, 0.1) is 18.1 Å². The zero-order valence-electron chi connectivity index (χ0n) is 11.8. The summed E-state index contributed by atoms with van der Waals surface area (Å²) in [6.45, 7) is 2.94. The molecule has 0 radical (unpaired) electrons. The van der Waals surface area contributed by atoms with Crippen LogP contribution in [0.1, 0.15) is 30.1 Å². The molecule has 1 fully saturated rings. The third-order valence-corrected chi connectivity index (χ3v) is 3.54. The minimum absolute atomic E-state index is 0.0594. The van der Waals surface area contributed by atoms with Gasteiger partial charge in [-0.1, -0.05) is 0 Å². The molecule has 2 rings (SSSR count). The number of likely N-dealkylation sites (tertiary alicyclic amines) is 1. The Morgan fingerprint density at radius 3 is 2.67 bits per heavy atom. The summed E-state index contributed by atoms with van der Waals surface area (Å²) in [7, 11) is 0. The van der Waals surface area contributed by atoms with E-state index in [9.17, 15) is 19.5 Å². The predicted octanol–water partition coefficient (Wildman–Crippen LogP) is 0.496. The molecule has 114 valence electrons. The lowest BCUT2D eigenvalue weighted by Gasteiger charge is -2.31. The number of aromatic amines is 1. The normalized spacial score (nSPS) is 15.8. The number of rotatable bonds is 3. The lowest BCUT2D eigenvalue weighted by molar-refractivity contribution is -0.149. The summed E-state index contributed by atoms with van der Waals surface area (Å²) in [5, 5.41) is 9.66. The number of hydrogen-bond donors (Lipinski definition) is 2. The van der Waals surface area contributed by atoms with E-state index in [2.05, 4.69) is 4.98 Å². The van der Waals surface area contributed by atoms with Crippen molar-refractivity contribution in [3.63, 3.8) is 0 Å². The molecule has 0 aromatic carbocycles. The molecular weight excluding hydrogens is 276 g/mol. The van der Waals surface area contributed by atoms with Gasteiger partial charge in [0.2, 0.25) is 0 Å². The number of piperidine rings is 1. The Labute approximate surface area is 121 Å². The van der Waals surface area contributed by atoms with Crippen molar-refractivity contribution in [2.45, 2.75) is 19.8 Å². The highest BCUT2D eigenvalue weighted by molar-refractivity contribution is 5.96. The van der Waals surface area contributed by atoms with E-state index in [0.29, 0.717) is 32.5 Å². The van der Waals surface area contributed by atoms with Gasteiger partial charge in [0, 0.05) is 25.4 Å². The van der Waals surface area contributed by atoms with Crippen LogP contribution in [0, 0.1) is 5.92 Å². The number of carbonyl (C=O) groups is 2. The third kappa shape index (κ3) is 3.42. The van der Waals surface area contributed by atoms with Gasteiger partial charge in [0.15, 0.2) is 0 Å². The third-order valence-electron chi connectivity index (χ3n) is 3.54. The van der Waals surface area contributed by atoms with Crippen LogP contribution in [-0.4, -0.2) is 46.6 Å². The van der Waals surface area contributed by atoms with Crippen LogP contribution in [0.4, 0.5) is 0 Å². The number of pyridine rings is 1. The molecule has 21 heavy (non-hydrogen) atoms. The molecule has 1 aliphatic heterocycles. The molecule has 0 spiro atoms. The fourth-order valence-corrected chi connectivity index (χ4v) is 2.38. The highest BCUT2D eigenvalue weighted by Crippen LogP contribution is 2.22. The largest absolute Gasteiger partial charge is 0.507 e. The van der Waals surface area contributed by atoms with Crippen molar-refractivity contribution >= 4 is 11.9 Å². The molecule has 1 aromatic rings. The van der Waals surface area contributed by atoms with Crippen LogP contribution in [0.5, 0.6) is 5.75 Å². The topological polar surface area (TPSA) is 99.7 Å². The number of aromatic nitrogens is 1. The Morgan fingerprint density at radius 2 is 2.10 bits per heavy atom. The smallest absolute Gasteiger partial charge is 0.309 e. The van der Waals surface area contributed by atoms with Gasteiger partial charge in [0.25, 0.3) is 11.5 Å². The van der Waals surface area contributed by atoms with Crippen LogP contribution >= 0.6 is 0 Å². The molecule has 1 amide bonds. The second kappa shape index (κ2) is 6.43. The molecule has 1 aromatic heterocycles. The highest BCUT2D eigenvalue weighted by Gasteiger charge is 2.29. The summed E-state index contributed by atoms with van der Waals surface area (Å²) in [4.78, 5) is 38.8. The Hall–Kier alpha value is -2.31. The Kier molecular flexibility index (Phi) is 4.62. The molecule has 7 nitrogen and oxygen atoms in total. The molecule has 0 aliphatic carbocycles. The maximum absolute atomic E-state index is 12.3. The van der Waals surface area contributed by atoms with Crippen molar-refractivity contribution in [2.24, 2.45) is 5.92 Å². The minimum atomic E-state index is -0.468. The van der Waals surface area contributed by atoms with E-state index in [1.807, 2.05) is 0 Å². The maximum atomic E-state index is 12.3. The van der Waals surface area contributed by atoms with E-state index >= 15 is 0 Å². The van der Waals surface area contributed by atoms with Crippen LogP contribution in [0.15, 0.2) is 17.1 Å². The van der Waals surface area contributed by atoms with Gasteiger partial charge in [-0.15, -0.1) is 0 Å². The monoisotopic (exact) mass is 294 g/mol. The number of aromatic hydroxyl groups is 1. The first-order valence-corrected chi connectivity index (χ1v) is 6.90. The van der Waals surface area contributed by atoms with Gasteiger partial charge in [-0.2, -0.15) is 0 Å². The number of ether oxygens (including phenoxy) is 1. The highest BCUT2D eigenvalue weighted by atomic mass is 16.5. The summed E-state index contributed by atoms with van der Waals surface area (Å²) < 4.78 is 4.97. The van der Waals surface area contributed by atoms with Gasteiger partial charge in [-0.05, 0) is 19.8 Å². The first-order chi connectivity index (χ1) is 10.0. The van der Waals surface area contributed by atoms with E-state index in [0.717, 1.165) is 6.07 Å². The predicted molar refractivity (Wildman–Crippen MR) is 74.0 cm³/mol. The number of nitrogens with one attached hydrogen (secondary N) is 1. The van der Waals surface area contributed by atoms with Gasteiger partial charge in [-0.25, -0.2) is 0 Å². The van der Waals surface area contributed by atoms with Crippen molar-refractivity contribution in [3.8, 4) is 5.75 Å². The first-order valence-electron chi connectivity index (χ1n) is 6.90. The lowest BCUT2D eigenvalue weighted by atomic mass is 9.96. The summed E-state index contributed by atoms with van der Waals surface area (Å²) in [5.74, 6) is -1.10. The Morgan fingerprint density at radius 1 is 1.43 bits per heavy atom. The van der Waals surface area contributed by atoms with Crippen LogP contribution < -0.4 is 5.56 Å². The van der Waals surface area contributed by atoms with Crippen LogP contribution in [0.25, 0.3) is 0 Å². The number of H-pyrrole nitrogens is 1. The average molecular weight is 294 g/mol. The fourth-order valence-electron chi connectivity index (χ4n) is 2.38.